The van der Waals surface area contributed by atoms with Crippen LogP contribution in [0.2, 0.25) is 0 Å². The number of amides is 1. The van der Waals surface area contributed by atoms with Crippen molar-refractivity contribution in [2.45, 2.75) is 13.0 Å². The molecule has 3 aromatic rings. The predicted molar refractivity (Wildman–Crippen MR) is 96.5 cm³/mol. The molecule has 1 aromatic carbocycles. The van der Waals surface area contributed by atoms with Crippen LogP contribution in [-0.2, 0) is 11.8 Å². The van der Waals surface area contributed by atoms with Gasteiger partial charge in [0.1, 0.15) is 6.10 Å². The van der Waals surface area contributed by atoms with Gasteiger partial charge in [-0.25, -0.2) is 0 Å². The third-order valence-corrected chi connectivity index (χ3v) is 5.05. The number of pyridine rings is 1. The quantitative estimate of drug-likeness (QED) is 0.723. The number of morpholine rings is 1. The average molecular weight is 335 g/mol. The van der Waals surface area contributed by atoms with Gasteiger partial charge in [0.25, 0.3) is 5.91 Å². The van der Waals surface area contributed by atoms with Crippen LogP contribution in [0, 0.1) is 6.92 Å². The van der Waals surface area contributed by atoms with Gasteiger partial charge in [0.05, 0.1) is 18.7 Å². The highest BCUT2D eigenvalue weighted by molar-refractivity contribution is 6.08. The Kier molecular flexibility index (Phi) is 4.01. The Balaban J connectivity index is 1.66. The number of ether oxygens (including phenoxy) is 1. The number of hydrogen-bond acceptors (Lipinski definition) is 3. The summed E-state index contributed by atoms with van der Waals surface area (Å²) in [5.74, 6) is 0.0802. The molecule has 0 bridgehead atoms. The van der Waals surface area contributed by atoms with Crippen molar-refractivity contribution in [2.75, 3.05) is 19.7 Å². The van der Waals surface area contributed by atoms with Crippen molar-refractivity contribution in [3.8, 4) is 0 Å². The molecule has 5 heteroatoms. The van der Waals surface area contributed by atoms with Gasteiger partial charge in [-0.3, -0.25) is 9.78 Å². The first kappa shape index (κ1) is 15.8. The van der Waals surface area contributed by atoms with E-state index >= 15 is 0 Å². The molecule has 0 unspecified atom stereocenters. The Morgan fingerprint density at radius 1 is 1.20 bits per heavy atom. The van der Waals surface area contributed by atoms with E-state index in [1.807, 2.05) is 49.2 Å². The van der Waals surface area contributed by atoms with E-state index in [1.54, 1.807) is 12.4 Å². The van der Waals surface area contributed by atoms with Gasteiger partial charge in [0.2, 0.25) is 0 Å². The zero-order chi connectivity index (χ0) is 17.4. The zero-order valence-electron chi connectivity index (χ0n) is 14.5. The lowest BCUT2D eigenvalue weighted by molar-refractivity contribution is -0.0228. The van der Waals surface area contributed by atoms with E-state index in [0.29, 0.717) is 19.7 Å². The molecule has 0 spiro atoms. The third-order valence-electron chi connectivity index (χ3n) is 5.05. The number of hydrogen-bond donors (Lipinski definition) is 0. The van der Waals surface area contributed by atoms with Crippen LogP contribution in [0.5, 0.6) is 0 Å². The number of nitrogens with zero attached hydrogens (tertiary/aromatic N) is 3. The summed E-state index contributed by atoms with van der Waals surface area (Å²) in [5, 5.41) is 1.01. The molecule has 4 rings (SSSR count). The second-order valence-electron chi connectivity index (χ2n) is 6.43. The highest BCUT2D eigenvalue weighted by atomic mass is 16.5. The van der Waals surface area contributed by atoms with Crippen molar-refractivity contribution >= 4 is 16.8 Å². The minimum Gasteiger partial charge on any atom is -0.370 e. The first-order chi connectivity index (χ1) is 12.2. The topological polar surface area (TPSA) is 47.4 Å². The Bertz CT molecular complexity index is 917. The van der Waals surface area contributed by atoms with Crippen molar-refractivity contribution in [1.29, 1.82) is 0 Å². The molecule has 0 N–H and O–H groups in total. The molecule has 2 aromatic heterocycles. The fourth-order valence-electron chi connectivity index (χ4n) is 3.56. The molecule has 1 aliphatic heterocycles. The number of aryl methyl sites for hydroxylation is 1. The van der Waals surface area contributed by atoms with E-state index in [9.17, 15) is 4.79 Å². The molecule has 0 radical (unpaired) electrons. The maximum Gasteiger partial charge on any atom is 0.256 e. The number of para-hydroxylation sites is 1. The normalized spacial score (nSPS) is 17.8. The van der Waals surface area contributed by atoms with E-state index in [-0.39, 0.29) is 12.0 Å². The van der Waals surface area contributed by atoms with Crippen LogP contribution in [0.15, 0.2) is 48.8 Å². The Morgan fingerprint density at radius 2 is 1.96 bits per heavy atom. The summed E-state index contributed by atoms with van der Waals surface area (Å²) in [7, 11) is 2.01. The largest absolute Gasteiger partial charge is 0.370 e. The highest BCUT2D eigenvalue weighted by Crippen LogP contribution is 2.28. The van der Waals surface area contributed by atoms with Crippen molar-refractivity contribution in [1.82, 2.24) is 14.5 Å². The van der Waals surface area contributed by atoms with Crippen LogP contribution in [0.1, 0.15) is 27.7 Å². The van der Waals surface area contributed by atoms with E-state index in [2.05, 4.69) is 15.6 Å². The van der Waals surface area contributed by atoms with Crippen molar-refractivity contribution in [3.63, 3.8) is 0 Å². The fraction of sp³-hybridized carbons (Fsp3) is 0.300. The summed E-state index contributed by atoms with van der Waals surface area (Å²) in [6.45, 7) is 3.73. The van der Waals surface area contributed by atoms with Gasteiger partial charge in [-0.1, -0.05) is 18.2 Å². The molecular weight excluding hydrogens is 314 g/mol. The lowest BCUT2D eigenvalue weighted by Gasteiger charge is -2.33. The molecule has 3 heterocycles. The molecule has 5 nitrogen and oxygen atoms in total. The molecule has 25 heavy (non-hydrogen) atoms. The lowest BCUT2D eigenvalue weighted by atomic mass is 10.1. The second kappa shape index (κ2) is 6.33. The molecule has 128 valence electrons. The number of aromatic nitrogens is 2. The molecule has 1 amide bonds. The molecule has 1 aliphatic rings. The zero-order valence-corrected chi connectivity index (χ0v) is 14.5. The maximum atomic E-state index is 13.3. The number of carbonyl (C=O) groups excluding carboxylic acids is 1. The second-order valence-corrected chi connectivity index (χ2v) is 6.43. The summed E-state index contributed by atoms with van der Waals surface area (Å²) < 4.78 is 7.96. The van der Waals surface area contributed by atoms with E-state index in [4.69, 9.17) is 4.74 Å². The highest BCUT2D eigenvalue weighted by Gasteiger charge is 2.29. The first-order valence-corrected chi connectivity index (χ1v) is 8.51. The lowest BCUT2D eigenvalue weighted by Crippen LogP contribution is -2.42. The van der Waals surface area contributed by atoms with Crippen LogP contribution in [0.4, 0.5) is 0 Å². The summed E-state index contributed by atoms with van der Waals surface area (Å²) >= 11 is 0. The van der Waals surface area contributed by atoms with Crippen LogP contribution >= 0.6 is 0 Å². The van der Waals surface area contributed by atoms with E-state index in [1.165, 1.54) is 0 Å². The Morgan fingerprint density at radius 3 is 2.76 bits per heavy atom. The predicted octanol–water partition coefficient (Wildman–Crippen LogP) is 3.10. The van der Waals surface area contributed by atoms with Gasteiger partial charge in [-0.05, 0) is 30.7 Å². The minimum atomic E-state index is -0.101. The smallest absolute Gasteiger partial charge is 0.256 e. The van der Waals surface area contributed by atoms with Gasteiger partial charge in [-0.2, -0.15) is 0 Å². The van der Waals surface area contributed by atoms with Crippen LogP contribution in [-0.4, -0.2) is 40.1 Å². The van der Waals surface area contributed by atoms with Gasteiger partial charge >= 0.3 is 0 Å². The molecule has 0 saturated carbocycles. The minimum absolute atomic E-state index is 0.0802. The first-order valence-electron chi connectivity index (χ1n) is 8.51. The molecular formula is C20H21N3O2. The number of fused-ring (bicyclic) bond motifs is 1. The van der Waals surface area contributed by atoms with Crippen LogP contribution in [0.3, 0.4) is 0 Å². The molecule has 0 aliphatic carbocycles. The standard InChI is InChI=1S/C20H21N3O2/c1-14-19(16-5-3-4-6-17(16)22(14)2)20(24)23-11-12-25-18(13-23)15-7-9-21-10-8-15/h3-10,18H,11-13H2,1-2H3/t18-/m1/s1. The summed E-state index contributed by atoms with van der Waals surface area (Å²) in [5.41, 5.74) is 3.94. The van der Waals surface area contributed by atoms with Gasteiger partial charge in [0, 0.05) is 42.6 Å². The van der Waals surface area contributed by atoms with Crippen molar-refractivity contribution < 1.29 is 9.53 Å². The SMILES string of the molecule is Cc1c(C(=O)N2CCO[C@@H](c3ccncc3)C2)c2ccccc2n1C. The average Bonchev–Trinajstić information content (AvgIpc) is 2.93. The monoisotopic (exact) mass is 335 g/mol. The molecule has 1 atom stereocenters. The van der Waals surface area contributed by atoms with Crippen molar-refractivity contribution in [2.24, 2.45) is 7.05 Å². The van der Waals surface area contributed by atoms with E-state index in [0.717, 1.165) is 27.7 Å². The molecule has 1 saturated heterocycles. The number of carbonyl (C=O) groups is 1. The van der Waals surface area contributed by atoms with E-state index < -0.39 is 0 Å². The van der Waals surface area contributed by atoms with Gasteiger partial charge in [-0.15, -0.1) is 0 Å². The third kappa shape index (κ3) is 2.70. The Labute approximate surface area is 146 Å². The Hall–Kier alpha value is -2.66. The van der Waals surface area contributed by atoms with Crippen LogP contribution in [0.25, 0.3) is 10.9 Å². The maximum absolute atomic E-state index is 13.3. The summed E-state index contributed by atoms with van der Waals surface area (Å²) in [4.78, 5) is 19.2. The summed E-state index contributed by atoms with van der Waals surface area (Å²) in [6.07, 6.45) is 3.42. The van der Waals surface area contributed by atoms with Crippen molar-refractivity contribution in [3.05, 3.63) is 65.6 Å². The number of rotatable bonds is 2. The van der Waals surface area contributed by atoms with Crippen LogP contribution < -0.4 is 0 Å². The fourth-order valence-corrected chi connectivity index (χ4v) is 3.56. The molecule has 1 fully saturated rings. The van der Waals surface area contributed by atoms with Gasteiger partial charge in [0.15, 0.2) is 0 Å². The summed E-state index contributed by atoms with van der Waals surface area (Å²) in [6, 6.07) is 12.0. The number of benzene rings is 1. The van der Waals surface area contributed by atoms with Gasteiger partial charge < -0.3 is 14.2 Å².